The van der Waals surface area contributed by atoms with Crippen LogP contribution < -0.4 is 0 Å². The molecule has 1 aromatic heterocycles. The van der Waals surface area contributed by atoms with E-state index in [0.717, 1.165) is 21.7 Å². The molecule has 3 rings (SSSR count). The average Bonchev–Trinajstić information content (AvgIpc) is 2.86. The predicted molar refractivity (Wildman–Crippen MR) is 90.4 cm³/mol. The highest BCUT2D eigenvalue weighted by Crippen LogP contribution is 2.39. The van der Waals surface area contributed by atoms with Crippen LogP contribution in [0.3, 0.4) is 0 Å². The smallest absolute Gasteiger partial charge is 0.0852 e. The maximum atomic E-state index is 6.75. The van der Waals surface area contributed by atoms with Gasteiger partial charge in [-0.15, -0.1) is 22.9 Å². The number of hydrogen-bond donors (Lipinski definition) is 0. The molecule has 0 fully saturated rings. The lowest BCUT2D eigenvalue weighted by Gasteiger charge is -2.14. The van der Waals surface area contributed by atoms with E-state index in [2.05, 4.69) is 42.6 Å². The van der Waals surface area contributed by atoms with Gasteiger partial charge in [0.15, 0.2) is 0 Å². The minimum atomic E-state index is -0.137. The van der Waals surface area contributed by atoms with E-state index in [0.29, 0.717) is 0 Å². The van der Waals surface area contributed by atoms with E-state index in [-0.39, 0.29) is 5.38 Å². The Morgan fingerprint density at radius 3 is 2.55 bits per heavy atom. The minimum absolute atomic E-state index is 0.137. The third-order valence-corrected chi connectivity index (χ3v) is 5.46. The summed E-state index contributed by atoms with van der Waals surface area (Å²) in [6.07, 6.45) is 0. The van der Waals surface area contributed by atoms with E-state index in [1.54, 1.807) is 11.3 Å². The topological polar surface area (TPSA) is 0 Å². The van der Waals surface area contributed by atoms with Crippen molar-refractivity contribution in [3.8, 4) is 0 Å². The van der Waals surface area contributed by atoms with Crippen LogP contribution in [0.15, 0.2) is 41.8 Å². The number of benzene rings is 2. The Morgan fingerprint density at radius 1 is 1.00 bits per heavy atom. The van der Waals surface area contributed by atoms with Gasteiger partial charge >= 0.3 is 0 Å². The van der Waals surface area contributed by atoms with E-state index in [1.807, 2.05) is 13.0 Å². The monoisotopic (exact) mass is 320 g/mol. The first-order chi connectivity index (χ1) is 9.58. The summed E-state index contributed by atoms with van der Waals surface area (Å²) in [7, 11) is 0. The molecule has 0 saturated heterocycles. The predicted octanol–water partition coefficient (Wildman–Crippen LogP) is 6.50. The van der Waals surface area contributed by atoms with Gasteiger partial charge < -0.3 is 0 Å². The van der Waals surface area contributed by atoms with Crippen LogP contribution in [0.5, 0.6) is 0 Å². The van der Waals surface area contributed by atoms with Crippen molar-refractivity contribution < 1.29 is 0 Å². The van der Waals surface area contributed by atoms with Crippen molar-refractivity contribution in [2.75, 3.05) is 0 Å². The summed E-state index contributed by atoms with van der Waals surface area (Å²) in [5.74, 6) is 0. The van der Waals surface area contributed by atoms with Gasteiger partial charge in [-0.25, -0.2) is 0 Å². The van der Waals surface area contributed by atoms with Crippen LogP contribution in [0.25, 0.3) is 10.1 Å². The molecule has 0 nitrogen and oxygen atoms in total. The fourth-order valence-corrected chi connectivity index (χ4v) is 4.13. The van der Waals surface area contributed by atoms with E-state index >= 15 is 0 Å². The summed E-state index contributed by atoms with van der Waals surface area (Å²) in [5, 5.41) is 4.06. The minimum Gasteiger partial charge on any atom is -0.143 e. The molecule has 0 aliphatic carbocycles. The molecule has 0 aliphatic rings. The van der Waals surface area contributed by atoms with Crippen molar-refractivity contribution in [1.82, 2.24) is 0 Å². The summed E-state index contributed by atoms with van der Waals surface area (Å²) in [4.78, 5) is 0. The van der Waals surface area contributed by atoms with E-state index in [1.165, 1.54) is 15.6 Å². The second kappa shape index (κ2) is 5.40. The number of halogens is 2. The molecule has 1 unspecified atom stereocenters. The van der Waals surface area contributed by atoms with Crippen molar-refractivity contribution >= 4 is 44.6 Å². The maximum absolute atomic E-state index is 6.75. The van der Waals surface area contributed by atoms with E-state index < -0.39 is 0 Å². The molecule has 0 radical (unpaired) electrons. The largest absolute Gasteiger partial charge is 0.143 e. The molecule has 20 heavy (non-hydrogen) atoms. The lowest BCUT2D eigenvalue weighted by Crippen LogP contribution is -1.97. The molecule has 3 aromatic rings. The van der Waals surface area contributed by atoms with Crippen LogP contribution in [-0.4, -0.2) is 0 Å². The fraction of sp³-hybridized carbons (Fsp3) is 0.176. The zero-order valence-electron chi connectivity index (χ0n) is 11.3. The SMILES string of the molecule is Cc1cc(C(Cl)c2csc3ccccc23)c(C)cc1Cl. The molecular weight excluding hydrogens is 307 g/mol. The zero-order chi connectivity index (χ0) is 14.3. The third kappa shape index (κ3) is 2.35. The van der Waals surface area contributed by atoms with Gasteiger partial charge in [-0.2, -0.15) is 0 Å². The summed E-state index contributed by atoms with van der Waals surface area (Å²) in [6.45, 7) is 4.07. The normalized spacial score (nSPS) is 12.8. The number of thiophene rings is 1. The Balaban J connectivity index is 2.13. The van der Waals surface area contributed by atoms with Crippen LogP contribution in [0, 0.1) is 13.8 Å². The first kappa shape index (κ1) is 13.9. The number of fused-ring (bicyclic) bond motifs is 1. The molecule has 1 atom stereocenters. The van der Waals surface area contributed by atoms with E-state index in [9.17, 15) is 0 Å². The Hall–Kier alpha value is -1.02. The highest BCUT2D eigenvalue weighted by molar-refractivity contribution is 7.17. The molecule has 3 heteroatoms. The second-order valence-electron chi connectivity index (χ2n) is 5.01. The van der Waals surface area contributed by atoms with Gasteiger partial charge in [0, 0.05) is 9.72 Å². The Kier molecular flexibility index (Phi) is 3.76. The molecule has 0 bridgehead atoms. The Labute approximate surface area is 133 Å². The standard InChI is InChI=1S/C17H14Cl2S/c1-10-8-15(18)11(2)7-13(10)17(19)14-9-20-16-6-4-3-5-12(14)16/h3-9,17H,1-2H3. The summed E-state index contributed by atoms with van der Waals surface area (Å²) in [6, 6.07) is 12.5. The summed E-state index contributed by atoms with van der Waals surface area (Å²) >= 11 is 14.7. The van der Waals surface area contributed by atoms with Crippen molar-refractivity contribution in [2.45, 2.75) is 19.2 Å². The summed E-state index contributed by atoms with van der Waals surface area (Å²) < 4.78 is 1.27. The van der Waals surface area contributed by atoms with Crippen LogP contribution >= 0.6 is 34.5 Å². The van der Waals surface area contributed by atoms with Gasteiger partial charge in [-0.1, -0.05) is 35.9 Å². The molecule has 0 amide bonds. The highest BCUT2D eigenvalue weighted by Gasteiger charge is 2.18. The number of rotatable bonds is 2. The quantitative estimate of drug-likeness (QED) is 0.473. The first-order valence-corrected chi connectivity index (χ1v) is 8.14. The fourth-order valence-electron chi connectivity index (χ4n) is 2.44. The lowest BCUT2D eigenvalue weighted by molar-refractivity contribution is 1.12. The van der Waals surface area contributed by atoms with Crippen LogP contribution in [0.2, 0.25) is 5.02 Å². The number of aryl methyl sites for hydroxylation is 2. The molecule has 0 saturated carbocycles. The van der Waals surface area contributed by atoms with Gasteiger partial charge in [0.2, 0.25) is 0 Å². The van der Waals surface area contributed by atoms with Crippen LogP contribution in [0.4, 0.5) is 0 Å². The van der Waals surface area contributed by atoms with Crippen molar-refractivity contribution in [3.05, 3.63) is 69.1 Å². The first-order valence-electron chi connectivity index (χ1n) is 6.45. The zero-order valence-corrected chi connectivity index (χ0v) is 13.6. The third-order valence-electron chi connectivity index (χ3n) is 3.60. The molecule has 0 spiro atoms. The molecular formula is C17H14Cl2S. The molecule has 0 aliphatic heterocycles. The van der Waals surface area contributed by atoms with Gasteiger partial charge in [-0.05, 0) is 59.0 Å². The molecule has 102 valence electrons. The number of hydrogen-bond acceptors (Lipinski definition) is 1. The molecule has 1 heterocycles. The summed E-state index contributed by atoms with van der Waals surface area (Å²) in [5.41, 5.74) is 4.52. The van der Waals surface area contributed by atoms with E-state index in [4.69, 9.17) is 23.2 Å². The van der Waals surface area contributed by atoms with Crippen LogP contribution in [-0.2, 0) is 0 Å². The Bertz CT molecular complexity index is 774. The van der Waals surface area contributed by atoms with Gasteiger partial charge in [0.1, 0.15) is 0 Å². The van der Waals surface area contributed by atoms with Gasteiger partial charge in [0.05, 0.1) is 5.38 Å². The maximum Gasteiger partial charge on any atom is 0.0852 e. The van der Waals surface area contributed by atoms with Crippen molar-refractivity contribution in [2.24, 2.45) is 0 Å². The average molecular weight is 321 g/mol. The van der Waals surface area contributed by atoms with Crippen LogP contribution in [0.1, 0.15) is 27.6 Å². The highest BCUT2D eigenvalue weighted by atomic mass is 35.5. The second-order valence-corrected chi connectivity index (χ2v) is 6.76. The van der Waals surface area contributed by atoms with Gasteiger partial charge in [0.25, 0.3) is 0 Å². The van der Waals surface area contributed by atoms with Gasteiger partial charge in [-0.3, -0.25) is 0 Å². The molecule has 2 aromatic carbocycles. The molecule has 0 N–H and O–H groups in total. The van der Waals surface area contributed by atoms with Crippen molar-refractivity contribution in [1.29, 1.82) is 0 Å². The number of alkyl halides is 1. The van der Waals surface area contributed by atoms with Crippen molar-refractivity contribution in [3.63, 3.8) is 0 Å². The lowest BCUT2D eigenvalue weighted by atomic mass is 9.98. The Morgan fingerprint density at radius 2 is 1.75 bits per heavy atom.